The minimum absolute atomic E-state index is 0.0962. The number of nitrogens with one attached hydrogen (secondary N) is 1. The number of piperazine rings is 1. The SMILES string of the molecule is CCCN1CCCC(N2CCNC(=O)C2CC(=O)O)CC1. The highest BCUT2D eigenvalue weighted by atomic mass is 16.4. The predicted octanol–water partition coefficient (Wildman–Crippen LogP) is 0.526. The van der Waals surface area contributed by atoms with Crippen LogP contribution in [0, 0.1) is 0 Å². The van der Waals surface area contributed by atoms with Gasteiger partial charge in [-0.25, -0.2) is 0 Å². The van der Waals surface area contributed by atoms with Gasteiger partial charge in [0.1, 0.15) is 0 Å². The highest BCUT2D eigenvalue weighted by molar-refractivity contribution is 5.86. The molecule has 0 saturated carbocycles. The van der Waals surface area contributed by atoms with Crippen molar-refractivity contribution < 1.29 is 14.7 Å². The summed E-state index contributed by atoms with van der Waals surface area (Å²) in [6.45, 7) is 6.89. The molecule has 2 unspecified atom stereocenters. The lowest BCUT2D eigenvalue weighted by Gasteiger charge is -2.39. The van der Waals surface area contributed by atoms with Crippen LogP contribution >= 0.6 is 0 Å². The van der Waals surface area contributed by atoms with E-state index < -0.39 is 12.0 Å². The fourth-order valence-corrected chi connectivity index (χ4v) is 3.55. The van der Waals surface area contributed by atoms with Crippen LogP contribution in [-0.4, -0.2) is 71.6 Å². The third-order valence-electron chi connectivity index (χ3n) is 4.54. The Morgan fingerprint density at radius 1 is 1.33 bits per heavy atom. The van der Waals surface area contributed by atoms with Crippen molar-refractivity contribution in [3.05, 3.63) is 0 Å². The number of nitrogens with zero attached hydrogens (tertiary/aromatic N) is 2. The van der Waals surface area contributed by atoms with E-state index in [2.05, 4.69) is 22.0 Å². The van der Waals surface area contributed by atoms with Gasteiger partial charge in [0.2, 0.25) is 5.91 Å². The fourth-order valence-electron chi connectivity index (χ4n) is 3.55. The van der Waals surface area contributed by atoms with Crippen LogP contribution in [0.4, 0.5) is 0 Å². The van der Waals surface area contributed by atoms with Gasteiger partial charge in [-0.2, -0.15) is 0 Å². The first kappa shape index (κ1) is 16.2. The molecule has 0 aromatic rings. The van der Waals surface area contributed by atoms with Gasteiger partial charge < -0.3 is 15.3 Å². The number of carbonyl (C=O) groups is 2. The van der Waals surface area contributed by atoms with E-state index in [9.17, 15) is 9.59 Å². The van der Waals surface area contributed by atoms with E-state index in [1.165, 1.54) is 6.42 Å². The van der Waals surface area contributed by atoms with Gasteiger partial charge in [-0.3, -0.25) is 14.5 Å². The topological polar surface area (TPSA) is 72.9 Å². The van der Waals surface area contributed by atoms with Crippen molar-refractivity contribution in [3.63, 3.8) is 0 Å². The Morgan fingerprint density at radius 2 is 2.14 bits per heavy atom. The number of hydrogen-bond acceptors (Lipinski definition) is 4. The van der Waals surface area contributed by atoms with Crippen LogP contribution in [0.25, 0.3) is 0 Å². The van der Waals surface area contributed by atoms with Gasteiger partial charge in [-0.15, -0.1) is 0 Å². The van der Waals surface area contributed by atoms with E-state index in [-0.39, 0.29) is 12.3 Å². The van der Waals surface area contributed by atoms with Gasteiger partial charge in [0.25, 0.3) is 0 Å². The molecule has 6 heteroatoms. The lowest BCUT2D eigenvalue weighted by atomic mass is 10.0. The number of likely N-dealkylation sites (tertiary alicyclic amines) is 1. The van der Waals surface area contributed by atoms with Crippen LogP contribution in [0.2, 0.25) is 0 Å². The number of hydrogen-bond donors (Lipinski definition) is 2. The second-order valence-electron chi connectivity index (χ2n) is 6.07. The molecular formula is C15H27N3O3. The minimum Gasteiger partial charge on any atom is -0.481 e. The maximum Gasteiger partial charge on any atom is 0.305 e. The molecule has 0 aromatic heterocycles. The van der Waals surface area contributed by atoms with E-state index in [1.807, 2.05) is 0 Å². The first-order valence-corrected chi connectivity index (χ1v) is 8.09. The summed E-state index contributed by atoms with van der Waals surface area (Å²) in [5.41, 5.74) is 0. The Morgan fingerprint density at radius 3 is 2.86 bits per heavy atom. The van der Waals surface area contributed by atoms with Gasteiger partial charge in [0.15, 0.2) is 0 Å². The molecule has 0 aromatic carbocycles. The van der Waals surface area contributed by atoms with Crippen LogP contribution in [0.1, 0.15) is 39.0 Å². The van der Waals surface area contributed by atoms with Crippen LogP contribution in [-0.2, 0) is 9.59 Å². The van der Waals surface area contributed by atoms with E-state index in [0.717, 1.165) is 45.4 Å². The molecule has 2 aliphatic heterocycles. The highest BCUT2D eigenvalue weighted by Gasteiger charge is 2.36. The van der Waals surface area contributed by atoms with Crippen molar-refractivity contribution in [3.8, 4) is 0 Å². The molecule has 2 rings (SSSR count). The summed E-state index contributed by atoms with van der Waals surface area (Å²) in [6.07, 6.45) is 4.29. The summed E-state index contributed by atoms with van der Waals surface area (Å²) >= 11 is 0. The summed E-state index contributed by atoms with van der Waals surface area (Å²) in [7, 11) is 0. The number of aliphatic carboxylic acids is 1. The number of carboxylic acids is 1. The maximum absolute atomic E-state index is 12.0. The molecule has 0 aliphatic carbocycles. The Balaban J connectivity index is 2.00. The smallest absolute Gasteiger partial charge is 0.305 e. The third kappa shape index (κ3) is 4.41. The molecule has 6 nitrogen and oxygen atoms in total. The zero-order valence-electron chi connectivity index (χ0n) is 12.9. The minimum atomic E-state index is -0.900. The molecule has 120 valence electrons. The highest BCUT2D eigenvalue weighted by Crippen LogP contribution is 2.22. The Bertz CT molecular complexity index is 375. The number of carbonyl (C=O) groups excluding carboxylic acids is 1. The normalized spacial score (nSPS) is 28.9. The molecule has 2 aliphatic rings. The number of carboxylic acid groups (broad SMARTS) is 1. The van der Waals surface area contributed by atoms with Crippen molar-refractivity contribution in [2.24, 2.45) is 0 Å². The van der Waals surface area contributed by atoms with Crippen molar-refractivity contribution in [2.75, 3.05) is 32.7 Å². The summed E-state index contributed by atoms with van der Waals surface area (Å²) in [5.74, 6) is -1.03. The van der Waals surface area contributed by atoms with Crippen LogP contribution in [0.3, 0.4) is 0 Å². The Labute approximate surface area is 126 Å². The second-order valence-corrected chi connectivity index (χ2v) is 6.07. The molecule has 0 spiro atoms. The van der Waals surface area contributed by atoms with Gasteiger partial charge in [0.05, 0.1) is 12.5 Å². The summed E-state index contributed by atoms with van der Waals surface area (Å²) < 4.78 is 0. The fraction of sp³-hybridized carbons (Fsp3) is 0.867. The first-order valence-electron chi connectivity index (χ1n) is 8.09. The van der Waals surface area contributed by atoms with Crippen molar-refractivity contribution >= 4 is 11.9 Å². The van der Waals surface area contributed by atoms with E-state index in [1.54, 1.807) is 0 Å². The Kier molecular flexibility index (Phi) is 5.99. The molecule has 0 bridgehead atoms. The monoisotopic (exact) mass is 297 g/mol. The van der Waals surface area contributed by atoms with Gasteiger partial charge in [-0.05, 0) is 45.3 Å². The van der Waals surface area contributed by atoms with Gasteiger partial charge >= 0.3 is 5.97 Å². The molecule has 0 radical (unpaired) electrons. The van der Waals surface area contributed by atoms with Crippen molar-refractivity contribution in [2.45, 2.75) is 51.1 Å². The van der Waals surface area contributed by atoms with E-state index in [4.69, 9.17) is 5.11 Å². The van der Waals surface area contributed by atoms with E-state index >= 15 is 0 Å². The molecular weight excluding hydrogens is 270 g/mol. The lowest BCUT2D eigenvalue weighted by molar-refractivity contribution is -0.144. The largest absolute Gasteiger partial charge is 0.481 e. The number of rotatable bonds is 5. The van der Waals surface area contributed by atoms with Gasteiger partial charge in [0, 0.05) is 19.1 Å². The molecule has 1 amide bonds. The molecule has 21 heavy (non-hydrogen) atoms. The maximum atomic E-state index is 12.0. The number of amides is 1. The summed E-state index contributed by atoms with van der Waals surface area (Å²) in [5, 5.41) is 11.8. The third-order valence-corrected chi connectivity index (χ3v) is 4.54. The molecule has 2 fully saturated rings. The average molecular weight is 297 g/mol. The van der Waals surface area contributed by atoms with E-state index in [0.29, 0.717) is 12.6 Å². The van der Waals surface area contributed by atoms with Crippen molar-refractivity contribution in [1.82, 2.24) is 15.1 Å². The van der Waals surface area contributed by atoms with Crippen LogP contribution in [0.5, 0.6) is 0 Å². The van der Waals surface area contributed by atoms with Gasteiger partial charge in [-0.1, -0.05) is 6.92 Å². The average Bonchev–Trinajstić information content (AvgIpc) is 2.67. The molecule has 2 N–H and O–H groups in total. The molecule has 2 heterocycles. The lowest BCUT2D eigenvalue weighted by Crippen LogP contribution is -2.59. The Hall–Kier alpha value is -1.14. The predicted molar refractivity (Wildman–Crippen MR) is 80.1 cm³/mol. The molecule has 2 atom stereocenters. The zero-order chi connectivity index (χ0) is 15.2. The second kappa shape index (κ2) is 7.75. The van der Waals surface area contributed by atoms with Crippen LogP contribution < -0.4 is 5.32 Å². The standard InChI is InChI=1S/C15H27N3O3/c1-2-7-17-8-3-4-12(5-9-17)18-10-6-16-15(21)13(18)11-14(19)20/h12-13H,2-11H2,1H3,(H,16,21)(H,19,20). The first-order chi connectivity index (χ1) is 10.1. The quantitative estimate of drug-likeness (QED) is 0.774. The summed E-state index contributed by atoms with van der Waals surface area (Å²) in [4.78, 5) is 27.7. The van der Waals surface area contributed by atoms with Crippen molar-refractivity contribution in [1.29, 1.82) is 0 Å². The van der Waals surface area contributed by atoms with Crippen LogP contribution in [0.15, 0.2) is 0 Å². The zero-order valence-corrected chi connectivity index (χ0v) is 12.9. The molecule has 2 saturated heterocycles. The summed E-state index contributed by atoms with van der Waals surface area (Å²) in [6, 6.07) is -0.166.